The van der Waals surface area contributed by atoms with Gasteiger partial charge in [0.05, 0.1) is 40.6 Å². The van der Waals surface area contributed by atoms with Gasteiger partial charge in [0.2, 0.25) is 5.91 Å². The molecule has 14 heteroatoms. The minimum Gasteiger partial charge on any atom is -0.462 e. The van der Waals surface area contributed by atoms with Gasteiger partial charge in [0.25, 0.3) is 5.91 Å². The lowest BCUT2D eigenvalue weighted by Gasteiger charge is -2.13. The quantitative estimate of drug-likeness (QED) is 0.193. The highest BCUT2D eigenvalue weighted by Crippen LogP contribution is 2.32. The molecule has 4 aromatic rings. The predicted octanol–water partition coefficient (Wildman–Crippen LogP) is 5.19. The number of carbonyl (C=O) groups is 3. The van der Waals surface area contributed by atoms with Gasteiger partial charge in [-0.1, -0.05) is 23.9 Å². The van der Waals surface area contributed by atoms with Crippen LogP contribution >= 0.6 is 23.1 Å². The molecule has 2 aromatic heterocycles. The van der Waals surface area contributed by atoms with E-state index in [0.29, 0.717) is 16.1 Å². The van der Waals surface area contributed by atoms with Crippen LogP contribution in [0.1, 0.15) is 38.3 Å². The van der Waals surface area contributed by atoms with Crippen LogP contribution in [-0.2, 0) is 22.3 Å². The Morgan fingerprint density at radius 1 is 1.05 bits per heavy atom. The summed E-state index contributed by atoms with van der Waals surface area (Å²) in [6, 6.07) is 14.1. The molecule has 208 valence electrons. The highest BCUT2D eigenvalue weighted by molar-refractivity contribution is 7.99. The summed E-state index contributed by atoms with van der Waals surface area (Å²) in [6.07, 6.45) is -4.58. The van der Waals surface area contributed by atoms with Crippen LogP contribution in [0.5, 0.6) is 0 Å². The van der Waals surface area contributed by atoms with Gasteiger partial charge in [0, 0.05) is 5.69 Å². The normalized spacial score (nSPS) is 11.2. The van der Waals surface area contributed by atoms with Crippen LogP contribution in [0.25, 0.3) is 5.69 Å². The third-order valence-electron chi connectivity index (χ3n) is 5.30. The summed E-state index contributed by atoms with van der Waals surface area (Å²) in [5.74, 6) is -1.22. The Bertz CT molecular complexity index is 1490. The Labute approximate surface area is 234 Å². The summed E-state index contributed by atoms with van der Waals surface area (Å²) < 4.78 is 46.5. The number of aromatic nitrogens is 3. The van der Waals surface area contributed by atoms with Crippen molar-refractivity contribution in [2.24, 2.45) is 0 Å². The fourth-order valence-corrected chi connectivity index (χ4v) is 4.89. The second kappa shape index (κ2) is 12.8. The first-order valence-electron chi connectivity index (χ1n) is 11.8. The highest BCUT2D eigenvalue weighted by Gasteiger charge is 2.31. The topological polar surface area (TPSA) is 115 Å². The molecular formula is C26H22F3N5O4S2. The second-order valence-electron chi connectivity index (χ2n) is 8.08. The fraction of sp³-hybridized carbons (Fsp3) is 0.192. The number of esters is 1. The van der Waals surface area contributed by atoms with E-state index in [-0.39, 0.29) is 41.5 Å². The number of ether oxygens (including phenoxy) is 1. The summed E-state index contributed by atoms with van der Waals surface area (Å²) in [4.78, 5) is 37.3. The van der Waals surface area contributed by atoms with E-state index in [2.05, 4.69) is 20.8 Å². The van der Waals surface area contributed by atoms with Gasteiger partial charge in [-0.2, -0.15) is 13.2 Å². The van der Waals surface area contributed by atoms with Crippen LogP contribution in [0.4, 0.5) is 18.9 Å². The first-order valence-corrected chi connectivity index (χ1v) is 13.7. The number of carbonyl (C=O) groups excluding carboxylic acids is 3. The molecule has 9 nitrogen and oxygen atoms in total. The number of rotatable bonds is 10. The minimum atomic E-state index is -4.58. The van der Waals surface area contributed by atoms with Gasteiger partial charge in [-0.25, -0.2) is 4.79 Å². The minimum absolute atomic E-state index is 0.112. The third kappa shape index (κ3) is 7.27. The van der Waals surface area contributed by atoms with Crippen LogP contribution in [0, 0.1) is 0 Å². The van der Waals surface area contributed by atoms with Crippen molar-refractivity contribution in [2.45, 2.75) is 24.8 Å². The van der Waals surface area contributed by atoms with E-state index in [0.717, 1.165) is 23.9 Å². The standard InChI is InChI=1S/C26H22F3N5O4S2/c1-2-38-24(37)16-8-10-18(11-9-16)31-22(35)15-40-25-33-32-21(14-30-23(36)20-7-4-12-39-20)34(25)19-6-3-5-17(13-19)26(27,28)29/h3-13H,2,14-15H2,1H3,(H,30,36)(H,31,35). The van der Waals surface area contributed by atoms with Crippen LogP contribution in [0.2, 0.25) is 0 Å². The van der Waals surface area contributed by atoms with Crippen molar-refractivity contribution in [3.63, 3.8) is 0 Å². The smallest absolute Gasteiger partial charge is 0.416 e. The molecule has 2 heterocycles. The zero-order valence-corrected chi connectivity index (χ0v) is 22.5. The van der Waals surface area contributed by atoms with Gasteiger partial charge in [-0.15, -0.1) is 21.5 Å². The van der Waals surface area contributed by atoms with E-state index in [1.807, 2.05) is 0 Å². The van der Waals surface area contributed by atoms with Crippen molar-refractivity contribution >= 4 is 46.6 Å². The lowest BCUT2D eigenvalue weighted by atomic mass is 10.2. The average molecular weight is 590 g/mol. The molecule has 2 amide bonds. The molecule has 0 fully saturated rings. The van der Waals surface area contributed by atoms with Gasteiger partial charge >= 0.3 is 12.1 Å². The zero-order chi connectivity index (χ0) is 28.7. The van der Waals surface area contributed by atoms with Gasteiger partial charge in [0.1, 0.15) is 0 Å². The first-order chi connectivity index (χ1) is 19.2. The number of amides is 2. The van der Waals surface area contributed by atoms with E-state index < -0.39 is 23.6 Å². The number of hydrogen-bond donors (Lipinski definition) is 2. The van der Waals surface area contributed by atoms with E-state index in [9.17, 15) is 27.6 Å². The zero-order valence-electron chi connectivity index (χ0n) is 20.9. The molecule has 4 rings (SSSR count). The molecular weight excluding hydrogens is 567 g/mol. The summed E-state index contributed by atoms with van der Waals surface area (Å²) in [7, 11) is 0. The Morgan fingerprint density at radius 2 is 1.82 bits per heavy atom. The molecule has 0 bridgehead atoms. The molecule has 0 saturated carbocycles. The van der Waals surface area contributed by atoms with E-state index in [1.54, 1.807) is 36.6 Å². The Morgan fingerprint density at radius 3 is 2.50 bits per heavy atom. The largest absolute Gasteiger partial charge is 0.462 e. The van der Waals surface area contributed by atoms with Gasteiger partial charge in [0.15, 0.2) is 11.0 Å². The number of thioether (sulfide) groups is 1. The van der Waals surface area contributed by atoms with Crippen LogP contribution < -0.4 is 10.6 Å². The van der Waals surface area contributed by atoms with Gasteiger partial charge in [-0.3, -0.25) is 14.2 Å². The fourth-order valence-electron chi connectivity index (χ4n) is 3.47. The number of benzene rings is 2. The summed E-state index contributed by atoms with van der Waals surface area (Å²) in [5.41, 5.74) is 0.0296. The average Bonchev–Trinajstić information content (AvgIpc) is 3.61. The van der Waals surface area contributed by atoms with E-state index >= 15 is 0 Å². The van der Waals surface area contributed by atoms with Crippen molar-refractivity contribution in [3.8, 4) is 5.69 Å². The monoisotopic (exact) mass is 589 g/mol. The Hall–Kier alpha value is -4.17. The lowest BCUT2D eigenvalue weighted by molar-refractivity contribution is -0.137. The van der Waals surface area contributed by atoms with Crippen LogP contribution in [0.3, 0.4) is 0 Å². The third-order valence-corrected chi connectivity index (χ3v) is 7.09. The number of halogens is 3. The van der Waals surface area contributed by atoms with Crippen molar-refractivity contribution < 1.29 is 32.3 Å². The molecule has 2 aromatic carbocycles. The first kappa shape index (κ1) is 28.8. The maximum absolute atomic E-state index is 13.4. The van der Waals surface area contributed by atoms with Crippen molar-refractivity contribution in [3.05, 3.63) is 87.9 Å². The number of anilines is 1. The summed E-state index contributed by atoms with van der Waals surface area (Å²) in [6.45, 7) is 1.82. The molecule has 0 aliphatic carbocycles. The van der Waals surface area contributed by atoms with Gasteiger partial charge < -0.3 is 15.4 Å². The molecule has 0 aliphatic heterocycles. The van der Waals surface area contributed by atoms with Crippen molar-refractivity contribution in [2.75, 3.05) is 17.7 Å². The van der Waals surface area contributed by atoms with Crippen molar-refractivity contribution in [1.82, 2.24) is 20.1 Å². The van der Waals surface area contributed by atoms with Gasteiger partial charge in [-0.05, 0) is 60.8 Å². The number of hydrogen-bond acceptors (Lipinski definition) is 8. The predicted molar refractivity (Wildman–Crippen MR) is 144 cm³/mol. The molecule has 0 saturated heterocycles. The molecule has 0 unspecified atom stereocenters. The molecule has 0 spiro atoms. The molecule has 0 aliphatic rings. The molecule has 0 radical (unpaired) electrons. The summed E-state index contributed by atoms with van der Waals surface area (Å²) >= 11 is 2.20. The second-order valence-corrected chi connectivity index (χ2v) is 9.97. The number of nitrogens with zero attached hydrogens (tertiary/aromatic N) is 3. The SMILES string of the molecule is CCOC(=O)c1ccc(NC(=O)CSc2nnc(CNC(=O)c3cccs3)n2-c2cccc(C(F)(F)F)c2)cc1. The summed E-state index contributed by atoms with van der Waals surface area (Å²) in [5, 5.41) is 15.4. The Balaban J connectivity index is 1.50. The molecule has 0 atom stereocenters. The molecule has 2 N–H and O–H groups in total. The van der Waals surface area contributed by atoms with E-state index in [1.165, 1.54) is 40.2 Å². The highest BCUT2D eigenvalue weighted by atomic mass is 32.2. The molecule has 40 heavy (non-hydrogen) atoms. The van der Waals surface area contributed by atoms with Crippen molar-refractivity contribution in [1.29, 1.82) is 0 Å². The number of thiophene rings is 1. The maximum atomic E-state index is 13.4. The number of nitrogens with one attached hydrogen (secondary N) is 2. The Kier molecular flexibility index (Phi) is 9.22. The maximum Gasteiger partial charge on any atom is 0.416 e. The van der Waals surface area contributed by atoms with Crippen LogP contribution in [0.15, 0.2) is 71.2 Å². The number of alkyl halides is 3. The van der Waals surface area contributed by atoms with Crippen LogP contribution in [-0.4, -0.2) is 44.9 Å². The lowest BCUT2D eigenvalue weighted by Crippen LogP contribution is -2.24. The van der Waals surface area contributed by atoms with E-state index in [4.69, 9.17) is 4.74 Å².